The maximum atomic E-state index is 8.37. The molecule has 1 aliphatic heterocycles. The summed E-state index contributed by atoms with van der Waals surface area (Å²) in [7, 11) is 1.81. The summed E-state index contributed by atoms with van der Waals surface area (Å²) in [4.78, 5) is 3.10. The Bertz CT molecular complexity index is 172. The van der Waals surface area contributed by atoms with Crippen LogP contribution in [0.15, 0.2) is 12.4 Å². The minimum atomic E-state index is -0.338. The molecule has 0 N–H and O–H groups in total. The number of hydrogen-bond acceptors (Lipinski definition) is 3. The smallest absolute Gasteiger partial charge is 0.191 e. The van der Waals surface area contributed by atoms with Gasteiger partial charge in [0.15, 0.2) is 11.8 Å². The van der Waals surface area contributed by atoms with E-state index in [1.54, 1.807) is 17.3 Å². The first-order chi connectivity index (χ1) is 4.25. The van der Waals surface area contributed by atoms with Gasteiger partial charge in [-0.15, -0.1) is 0 Å². The monoisotopic (exact) mass is 143 g/mol. The Labute approximate surface area is 58.7 Å². The zero-order valence-corrected chi connectivity index (χ0v) is 5.71. The van der Waals surface area contributed by atoms with Crippen molar-refractivity contribution in [3.8, 4) is 6.19 Å². The molecule has 0 aliphatic carbocycles. The number of alkyl halides is 1. The average molecular weight is 144 g/mol. The van der Waals surface area contributed by atoms with E-state index < -0.39 is 0 Å². The van der Waals surface area contributed by atoms with Crippen molar-refractivity contribution in [3.05, 3.63) is 12.4 Å². The number of hydrogen-bond donors (Lipinski definition) is 0. The predicted molar refractivity (Wildman–Crippen MR) is 34.0 cm³/mol. The second-order valence-corrected chi connectivity index (χ2v) is 2.17. The van der Waals surface area contributed by atoms with Crippen molar-refractivity contribution in [1.82, 2.24) is 9.80 Å². The van der Waals surface area contributed by atoms with Crippen molar-refractivity contribution in [2.45, 2.75) is 5.62 Å². The van der Waals surface area contributed by atoms with Crippen LogP contribution in [0.2, 0.25) is 0 Å². The van der Waals surface area contributed by atoms with Gasteiger partial charge in [-0.2, -0.15) is 5.26 Å². The first-order valence-electron chi connectivity index (χ1n) is 2.48. The summed E-state index contributed by atoms with van der Waals surface area (Å²) in [6.45, 7) is 0. The molecule has 0 radical (unpaired) electrons. The van der Waals surface area contributed by atoms with Gasteiger partial charge in [-0.25, -0.2) is 4.90 Å². The van der Waals surface area contributed by atoms with Gasteiger partial charge in [0, 0.05) is 19.4 Å². The van der Waals surface area contributed by atoms with Gasteiger partial charge in [0.2, 0.25) is 0 Å². The van der Waals surface area contributed by atoms with E-state index in [0.717, 1.165) is 0 Å². The molecule has 1 aliphatic rings. The van der Waals surface area contributed by atoms with E-state index in [-0.39, 0.29) is 5.62 Å². The second-order valence-electron chi connectivity index (χ2n) is 1.78. The normalized spacial score (nSPS) is 24.8. The standard InChI is InChI=1S/C5H6ClN3/c1-8-2-3-9(4-7)5(8)6/h2-3,5H,1H3. The van der Waals surface area contributed by atoms with Gasteiger partial charge in [-0.1, -0.05) is 11.6 Å². The number of rotatable bonds is 0. The lowest BCUT2D eigenvalue weighted by atomic mass is 10.8. The minimum Gasteiger partial charge on any atom is -0.346 e. The van der Waals surface area contributed by atoms with E-state index in [9.17, 15) is 0 Å². The maximum Gasteiger partial charge on any atom is 0.191 e. The van der Waals surface area contributed by atoms with E-state index in [4.69, 9.17) is 16.9 Å². The third-order valence-corrected chi connectivity index (χ3v) is 1.66. The lowest BCUT2D eigenvalue weighted by molar-refractivity contribution is 0.325. The summed E-state index contributed by atoms with van der Waals surface area (Å²) in [5, 5.41) is 8.37. The highest BCUT2D eigenvalue weighted by atomic mass is 35.5. The first kappa shape index (κ1) is 6.24. The van der Waals surface area contributed by atoms with Crippen LogP contribution < -0.4 is 0 Å². The Balaban J connectivity index is 2.65. The lowest BCUT2D eigenvalue weighted by Crippen LogP contribution is -2.27. The van der Waals surface area contributed by atoms with Crippen molar-refractivity contribution < 1.29 is 0 Å². The van der Waals surface area contributed by atoms with Gasteiger partial charge in [0.1, 0.15) is 0 Å². The molecule has 0 bridgehead atoms. The van der Waals surface area contributed by atoms with Crippen LogP contribution in [0.1, 0.15) is 0 Å². The maximum absolute atomic E-state index is 8.37. The van der Waals surface area contributed by atoms with Crippen molar-refractivity contribution >= 4 is 11.6 Å². The number of nitriles is 1. The molecule has 0 saturated heterocycles. The first-order valence-corrected chi connectivity index (χ1v) is 2.92. The number of halogens is 1. The molecular weight excluding hydrogens is 138 g/mol. The molecule has 0 aromatic heterocycles. The van der Waals surface area contributed by atoms with Gasteiger partial charge in [0.25, 0.3) is 0 Å². The molecule has 0 aromatic rings. The number of nitrogens with zero attached hydrogens (tertiary/aromatic N) is 3. The summed E-state index contributed by atoms with van der Waals surface area (Å²) in [5.74, 6) is 0. The Morgan fingerprint density at radius 1 is 1.67 bits per heavy atom. The van der Waals surface area contributed by atoms with E-state index in [2.05, 4.69) is 0 Å². The summed E-state index contributed by atoms with van der Waals surface area (Å²) in [6, 6.07) is 0. The van der Waals surface area contributed by atoms with Crippen molar-refractivity contribution in [3.63, 3.8) is 0 Å². The summed E-state index contributed by atoms with van der Waals surface area (Å²) >= 11 is 5.70. The van der Waals surface area contributed by atoms with Gasteiger partial charge in [0.05, 0.1) is 0 Å². The van der Waals surface area contributed by atoms with Crippen LogP contribution in [0.25, 0.3) is 0 Å². The molecule has 0 saturated carbocycles. The molecule has 4 heteroatoms. The fraction of sp³-hybridized carbons (Fsp3) is 0.400. The largest absolute Gasteiger partial charge is 0.346 e. The molecular formula is C5H6ClN3. The highest BCUT2D eigenvalue weighted by molar-refractivity contribution is 6.20. The van der Waals surface area contributed by atoms with Crippen LogP contribution in [0.3, 0.4) is 0 Å². The van der Waals surface area contributed by atoms with Gasteiger partial charge < -0.3 is 4.90 Å². The molecule has 48 valence electrons. The van der Waals surface area contributed by atoms with Crippen molar-refractivity contribution in [2.24, 2.45) is 0 Å². The third-order valence-electron chi connectivity index (χ3n) is 1.14. The van der Waals surface area contributed by atoms with Crippen molar-refractivity contribution in [2.75, 3.05) is 7.05 Å². The molecule has 0 aromatic carbocycles. The lowest BCUT2D eigenvalue weighted by Gasteiger charge is -2.17. The van der Waals surface area contributed by atoms with Gasteiger partial charge >= 0.3 is 0 Å². The topological polar surface area (TPSA) is 30.3 Å². The summed E-state index contributed by atoms with van der Waals surface area (Å²) in [5.41, 5.74) is -0.338. The highest BCUT2D eigenvalue weighted by Gasteiger charge is 2.19. The van der Waals surface area contributed by atoms with E-state index >= 15 is 0 Å². The van der Waals surface area contributed by atoms with Crippen LogP contribution in [0, 0.1) is 11.5 Å². The van der Waals surface area contributed by atoms with E-state index in [1.165, 1.54) is 4.90 Å². The quantitative estimate of drug-likeness (QED) is 0.284. The van der Waals surface area contributed by atoms with E-state index in [0.29, 0.717) is 0 Å². The van der Waals surface area contributed by atoms with Crippen LogP contribution in [0.4, 0.5) is 0 Å². The second kappa shape index (κ2) is 2.16. The zero-order valence-electron chi connectivity index (χ0n) is 4.95. The SMILES string of the molecule is CN1C=CN(C#N)C1Cl. The van der Waals surface area contributed by atoms with Crippen LogP contribution in [-0.4, -0.2) is 22.5 Å². The molecule has 0 spiro atoms. The van der Waals surface area contributed by atoms with Crippen LogP contribution in [0.5, 0.6) is 0 Å². The molecule has 0 fully saturated rings. The van der Waals surface area contributed by atoms with Crippen LogP contribution in [-0.2, 0) is 0 Å². The highest BCUT2D eigenvalue weighted by Crippen LogP contribution is 2.14. The molecule has 0 amide bonds. The Morgan fingerprint density at radius 2 is 2.33 bits per heavy atom. The Kier molecular flexibility index (Phi) is 1.50. The minimum absolute atomic E-state index is 0.338. The predicted octanol–water partition coefficient (Wildman–Crippen LogP) is 0.708. The van der Waals surface area contributed by atoms with Gasteiger partial charge in [-0.3, -0.25) is 0 Å². The molecule has 1 atom stereocenters. The fourth-order valence-electron chi connectivity index (χ4n) is 0.596. The van der Waals surface area contributed by atoms with Gasteiger partial charge in [-0.05, 0) is 0 Å². The average Bonchev–Trinajstić information content (AvgIpc) is 2.15. The zero-order chi connectivity index (χ0) is 6.85. The Hall–Kier alpha value is -0.880. The molecule has 9 heavy (non-hydrogen) atoms. The summed E-state index contributed by atoms with van der Waals surface area (Å²) < 4.78 is 0. The molecule has 1 rings (SSSR count). The van der Waals surface area contributed by atoms with Crippen molar-refractivity contribution in [1.29, 1.82) is 5.26 Å². The molecule has 1 unspecified atom stereocenters. The third kappa shape index (κ3) is 0.936. The molecule has 3 nitrogen and oxygen atoms in total. The van der Waals surface area contributed by atoms with E-state index in [1.807, 2.05) is 13.2 Å². The Morgan fingerprint density at radius 3 is 2.56 bits per heavy atom. The van der Waals surface area contributed by atoms with Crippen LogP contribution >= 0.6 is 11.6 Å². The fourth-order valence-corrected chi connectivity index (χ4v) is 0.770. The molecule has 1 heterocycles. The summed E-state index contributed by atoms with van der Waals surface area (Å²) in [6.07, 6.45) is 5.30.